The average Bonchev–Trinajstić information content (AvgIpc) is 2.85. The molecule has 200 valence electrons. The molecule has 0 saturated heterocycles. The molecule has 1 aliphatic carbocycles. The van der Waals surface area contributed by atoms with Crippen molar-refractivity contribution in [1.29, 1.82) is 0 Å². The topological polar surface area (TPSA) is 51.2 Å². The zero-order valence-electron chi connectivity index (χ0n) is 23.7. The van der Waals surface area contributed by atoms with E-state index in [1.54, 1.807) is 0 Å². The minimum absolute atomic E-state index is 0.0307. The van der Waals surface area contributed by atoms with Crippen LogP contribution in [0.25, 0.3) is 11.1 Å². The first kappa shape index (κ1) is 29.0. The number of aryl methyl sites for hydroxylation is 2. The molecule has 0 saturated carbocycles. The molecule has 2 aromatic rings. The molecule has 3 nitrogen and oxygen atoms in total. The van der Waals surface area contributed by atoms with Crippen molar-refractivity contribution in [1.82, 2.24) is 0 Å². The second kappa shape index (κ2) is 13.8. The van der Waals surface area contributed by atoms with Gasteiger partial charge in [-0.25, -0.2) is 0 Å². The summed E-state index contributed by atoms with van der Waals surface area (Å²) in [5.74, 6) is 0.600. The summed E-state index contributed by atoms with van der Waals surface area (Å²) in [5.41, 5.74) is 6.87. The lowest BCUT2D eigenvalue weighted by atomic mass is 9.71. The first-order valence-corrected chi connectivity index (χ1v) is 14.6. The van der Waals surface area contributed by atoms with Gasteiger partial charge in [0, 0.05) is 17.9 Å². The third kappa shape index (κ3) is 7.49. The maximum absolute atomic E-state index is 13.4. The number of ketones is 3. The third-order valence-corrected chi connectivity index (χ3v) is 8.24. The molecule has 37 heavy (non-hydrogen) atoms. The van der Waals surface area contributed by atoms with Crippen LogP contribution in [-0.2, 0) is 22.4 Å². The van der Waals surface area contributed by atoms with Gasteiger partial charge < -0.3 is 0 Å². The highest BCUT2D eigenvalue weighted by molar-refractivity contribution is 6.02. The zero-order chi connectivity index (χ0) is 26.9. The van der Waals surface area contributed by atoms with E-state index in [1.807, 2.05) is 6.92 Å². The van der Waals surface area contributed by atoms with Crippen LogP contribution >= 0.6 is 0 Å². The van der Waals surface area contributed by atoms with Crippen LogP contribution in [0.4, 0.5) is 0 Å². The lowest BCUT2D eigenvalue weighted by Crippen LogP contribution is -2.30. The molecule has 2 aromatic carbocycles. The Labute approximate surface area is 224 Å². The van der Waals surface area contributed by atoms with Crippen molar-refractivity contribution in [2.45, 2.75) is 105 Å². The Balaban J connectivity index is 1.87. The zero-order valence-corrected chi connectivity index (χ0v) is 23.7. The Hall–Kier alpha value is -2.55. The molecule has 0 heterocycles. The van der Waals surface area contributed by atoms with Crippen LogP contribution in [0, 0.1) is 24.7 Å². The first-order valence-electron chi connectivity index (χ1n) is 14.6. The van der Waals surface area contributed by atoms with Crippen LogP contribution in [0.15, 0.2) is 36.4 Å². The fourth-order valence-electron chi connectivity index (χ4n) is 6.44. The molecule has 0 aliphatic heterocycles. The number of fused-ring (bicyclic) bond motifs is 1. The van der Waals surface area contributed by atoms with Gasteiger partial charge in [0.05, 0.1) is 6.42 Å². The number of hydrogen-bond donors (Lipinski definition) is 0. The fraction of sp³-hybridized carbons (Fsp3) is 0.559. The van der Waals surface area contributed by atoms with Crippen molar-refractivity contribution in [2.75, 3.05) is 0 Å². The van der Waals surface area contributed by atoms with Crippen molar-refractivity contribution in [3.05, 3.63) is 58.7 Å². The molecule has 1 aliphatic rings. The van der Waals surface area contributed by atoms with Crippen LogP contribution in [-0.4, -0.2) is 17.3 Å². The van der Waals surface area contributed by atoms with Gasteiger partial charge in [0.25, 0.3) is 0 Å². The van der Waals surface area contributed by atoms with Gasteiger partial charge in [-0.2, -0.15) is 0 Å². The molecule has 0 N–H and O–H groups in total. The minimum Gasteiger partial charge on any atom is -0.300 e. The minimum atomic E-state index is -0.0995. The van der Waals surface area contributed by atoms with Gasteiger partial charge in [-0.1, -0.05) is 82.9 Å². The molecule has 3 atom stereocenters. The van der Waals surface area contributed by atoms with Gasteiger partial charge in [-0.3, -0.25) is 14.4 Å². The maximum atomic E-state index is 13.4. The Bertz CT molecular complexity index is 1080. The summed E-state index contributed by atoms with van der Waals surface area (Å²) in [6.07, 6.45) is 9.84. The van der Waals surface area contributed by atoms with Gasteiger partial charge in [-0.05, 0) is 85.6 Å². The maximum Gasteiger partial charge on any atom is 0.163 e. The molecule has 3 rings (SSSR count). The molecule has 0 spiro atoms. The van der Waals surface area contributed by atoms with Gasteiger partial charge in [0.15, 0.2) is 5.78 Å². The molecule has 0 radical (unpaired) electrons. The summed E-state index contributed by atoms with van der Waals surface area (Å²) in [5, 5.41) is 0. The number of rotatable bonds is 14. The SMILES string of the molecule is CCCCCc1ccc(-c2ccc(C)c3c2CC(CC(CCC)C(CC)C(=O)CC(C)=O)CC3=O)cc1. The monoisotopic (exact) mass is 502 g/mol. The molecular weight excluding hydrogens is 456 g/mol. The van der Waals surface area contributed by atoms with Crippen LogP contribution in [0.5, 0.6) is 0 Å². The summed E-state index contributed by atoms with van der Waals surface area (Å²) in [7, 11) is 0. The van der Waals surface area contributed by atoms with E-state index in [0.717, 1.165) is 49.7 Å². The van der Waals surface area contributed by atoms with Crippen LogP contribution in [0.3, 0.4) is 0 Å². The number of hydrogen-bond acceptors (Lipinski definition) is 3. The Morgan fingerprint density at radius 1 is 0.946 bits per heavy atom. The fourth-order valence-corrected chi connectivity index (χ4v) is 6.44. The molecule has 0 fully saturated rings. The summed E-state index contributed by atoms with van der Waals surface area (Å²) in [4.78, 5) is 38.0. The number of unbranched alkanes of at least 4 members (excludes halogenated alkanes) is 2. The number of carbonyl (C=O) groups excluding carboxylic acids is 3. The van der Waals surface area contributed by atoms with Crippen LogP contribution in [0.1, 0.15) is 113 Å². The molecule has 0 aromatic heterocycles. The van der Waals surface area contributed by atoms with Crippen molar-refractivity contribution < 1.29 is 14.4 Å². The van der Waals surface area contributed by atoms with E-state index < -0.39 is 0 Å². The lowest BCUT2D eigenvalue weighted by molar-refractivity contribution is -0.129. The van der Waals surface area contributed by atoms with Crippen molar-refractivity contribution in [3.8, 4) is 11.1 Å². The summed E-state index contributed by atoms with van der Waals surface area (Å²) >= 11 is 0. The Kier molecular flexibility index (Phi) is 10.9. The first-order chi connectivity index (χ1) is 17.8. The van der Waals surface area contributed by atoms with Crippen LogP contribution < -0.4 is 0 Å². The van der Waals surface area contributed by atoms with Gasteiger partial charge in [0.1, 0.15) is 11.6 Å². The largest absolute Gasteiger partial charge is 0.300 e. The highest BCUT2D eigenvalue weighted by Gasteiger charge is 2.34. The van der Waals surface area contributed by atoms with Gasteiger partial charge >= 0.3 is 0 Å². The summed E-state index contributed by atoms with van der Waals surface area (Å²) in [6, 6.07) is 13.2. The normalized spacial score (nSPS) is 16.8. The number of Topliss-reactive ketones (excluding diaryl/α,β-unsaturated/α-hetero) is 3. The second-order valence-electron chi connectivity index (χ2n) is 11.3. The smallest absolute Gasteiger partial charge is 0.163 e. The molecule has 0 bridgehead atoms. The Morgan fingerprint density at radius 3 is 2.30 bits per heavy atom. The van der Waals surface area contributed by atoms with Gasteiger partial charge in [0.2, 0.25) is 0 Å². The quantitative estimate of drug-likeness (QED) is 0.192. The number of carbonyl (C=O) groups is 3. The van der Waals surface area contributed by atoms with E-state index in [4.69, 9.17) is 0 Å². The number of benzene rings is 2. The van der Waals surface area contributed by atoms with E-state index in [9.17, 15) is 14.4 Å². The van der Waals surface area contributed by atoms with Crippen molar-refractivity contribution in [3.63, 3.8) is 0 Å². The van der Waals surface area contributed by atoms with E-state index in [1.165, 1.54) is 48.4 Å². The predicted octanol–water partition coefficient (Wildman–Crippen LogP) is 8.52. The summed E-state index contributed by atoms with van der Waals surface area (Å²) in [6.45, 7) is 9.99. The Morgan fingerprint density at radius 2 is 1.68 bits per heavy atom. The highest BCUT2D eigenvalue weighted by Crippen LogP contribution is 2.40. The summed E-state index contributed by atoms with van der Waals surface area (Å²) < 4.78 is 0. The van der Waals surface area contributed by atoms with Crippen molar-refractivity contribution in [2.24, 2.45) is 17.8 Å². The average molecular weight is 503 g/mol. The third-order valence-electron chi connectivity index (χ3n) is 8.24. The second-order valence-corrected chi connectivity index (χ2v) is 11.3. The van der Waals surface area contributed by atoms with Gasteiger partial charge in [-0.15, -0.1) is 0 Å². The highest BCUT2D eigenvalue weighted by atomic mass is 16.1. The molecule has 3 heteroatoms. The lowest BCUT2D eigenvalue weighted by Gasteiger charge is -2.32. The van der Waals surface area contributed by atoms with Crippen molar-refractivity contribution >= 4 is 17.3 Å². The van der Waals surface area contributed by atoms with E-state index >= 15 is 0 Å². The standard InChI is InChI=1S/C34H46O3/c1-6-9-10-12-25-14-16-27(17-15-25)30-18-13-23(4)34-31(30)21-26(22-33(34)37)20-28(11-7-2)29(8-3)32(36)19-24(5)35/h13-18,26,28-29H,6-12,19-22H2,1-5H3. The van der Waals surface area contributed by atoms with E-state index in [0.29, 0.717) is 6.42 Å². The molecule has 3 unspecified atom stereocenters. The van der Waals surface area contributed by atoms with E-state index in [-0.39, 0.29) is 41.5 Å². The van der Waals surface area contributed by atoms with Crippen LogP contribution in [0.2, 0.25) is 0 Å². The molecular formula is C34H46O3. The molecule has 0 amide bonds. The predicted molar refractivity (Wildman–Crippen MR) is 153 cm³/mol. The van der Waals surface area contributed by atoms with E-state index in [2.05, 4.69) is 57.2 Å².